The molecule has 0 rings (SSSR count). The topological polar surface area (TPSA) is 661 Å². The van der Waals surface area contributed by atoms with E-state index >= 15 is 0 Å². The minimum atomic E-state index is -1.92. The number of hydrogen-bond donors (Lipinski definition) is 21. The molecule has 0 saturated carbocycles. The minimum absolute atomic E-state index is 0.00137. The van der Waals surface area contributed by atoms with Gasteiger partial charge in [-0.3, -0.25) is 86.5 Å². The van der Waals surface area contributed by atoms with E-state index in [0.717, 1.165) is 0 Å². The number of carbonyl (C=O) groups is 18. The van der Waals surface area contributed by atoms with Crippen molar-refractivity contribution in [2.24, 2.45) is 57.5 Å². The summed E-state index contributed by atoms with van der Waals surface area (Å²) < 4.78 is 0. The van der Waals surface area contributed by atoms with Crippen molar-refractivity contribution in [2.75, 3.05) is 26.2 Å². The average Bonchev–Trinajstić information content (AvgIpc) is 0.865. The van der Waals surface area contributed by atoms with Crippen molar-refractivity contribution in [3.05, 3.63) is 0 Å². The Hall–Kier alpha value is -10.3. The zero-order valence-electron chi connectivity index (χ0n) is 58.7. The largest absolute Gasteiger partial charge is 0.481 e. The second-order valence-electron chi connectivity index (χ2n) is 25.6. The summed E-state index contributed by atoms with van der Waals surface area (Å²) in [5.74, 6) is -23.0. The highest BCUT2D eigenvalue weighted by atomic mass is 16.4. The van der Waals surface area contributed by atoms with E-state index in [4.69, 9.17) is 28.0 Å². The molecule has 0 aromatic heterocycles. The number of rotatable bonds is 49. The van der Waals surface area contributed by atoms with Crippen LogP contribution in [0, 0.1) is 29.6 Å². The summed E-state index contributed by atoms with van der Waals surface area (Å²) in [7, 11) is 0. The third-order valence-corrected chi connectivity index (χ3v) is 14.8. The van der Waals surface area contributed by atoms with Crippen LogP contribution in [0.5, 0.6) is 0 Å². The number of carbonyl (C=O) groups excluding carboxylic acids is 14. The number of carboxylic acid groups (broad SMARTS) is 4. The number of primary amides is 1. The third kappa shape index (κ3) is 37.5. The van der Waals surface area contributed by atoms with Crippen LogP contribution >= 0.6 is 0 Å². The molecular weight excluding hydrogens is 1340 g/mol. The second kappa shape index (κ2) is 46.1. The van der Waals surface area contributed by atoms with Gasteiger partial charge in [-0.2, -0.15) is 0 Å². The summed E-state index contributed by atoms with van der Waals surface area (Å²) in [6.07, 6.45) is -4.00. The molecule has 14 amide bonds. The first-order valence-electron chi connectivity index (χ1n) is 32.7. The highest BCUT2D eigenvalue weighted by molar-refractivity contribution is 6.00. The Labute approximate surface area is 583 Å². The van der Waals surface area contributed by atoms with Gasteiger partial charge >= 0.3 is 23.9 Å². The number of nitrogens with two attached hydrogens (primary N) is 4. The first-order valence-corrected chi connectivity index (χ1v) is 32.7. The lowest BCUT2D eigenvalue weighted by molar-refractivity contribution is -0.147. The SMILES string of the molecule is CC[C@H](C)[C@H](NC(=O)CNC(=O)[C@H](CCC(N)=O)NC(=O)[C@H](CC(C)C)NC(=O)[C@H](C)NC(=O)[C@H](CC(=O)O)NC(=O)[C@H](CC(C)C)NC(=O)[C@H](CC(C)C)NC(=O)CN)C(=O)N[C@H](C(=O)N[C@@H](CC(=O)O)C(=O)NCC(=O)N[C@@H](CCCN=C(N)N)C(=O)N[C@@H](CC(=O)O)C(=O)O)C(C)C. The zero-order chi connectivity index (χ0) is 77.7. The van der Waals surface area contributed by atoms with Crippen molar-refractivity contribution in [1.29, 1.82) is 0 Å². The molecular formula is C61H104N18O22. The van der Waals surface area contributed by atoms with Crippen LogP contribution < -0.4 is 92.1 Å². The van der Waals surface area contributed by atoms with E-state index in [0.29, 0.717) is 0 Å². The van der Waals surface area contributed by atoms with Crippen LogP contribution in [0.1, 0.15) is 147 Å². The summed E-state index contributed by atoms with van der Waals surface area (Å²) in [5, 5.41) is 68.4. The predicted octanol–water partition coefficient (Wildman–Crippen LogP) is -6.80. The lowest BCUT2D eigenvalue weighted by Crippen LogP contribution is -2.60. The van der Waals surface area contributed by atoms with E-state index in [1.54, 1.807) is 55.4 Å². The monoisotopic (exact) mass is 1440 g/mol. The van der Waals surface area contributed by atoms with Crippen molar-refractivity contribution in [3.63, 3.8) is 0 Å². The van der Waals surface area contributed by atoms with Crippen LogP contribution in [0.15, 0.2) is 4.99 Å². The predicted molar refractivity (Wildman–Crippen MR) is 357 cm³/mol. The number of hydrogen-bond acceptors (Lipinski definition) is 20. The molecule has 0 aromatic rings. The van der Waals surface area contributed by atoms with E-state index in [1.165, 1.54) is 20.8 Å². The van der Waals surface area contributed by atoms with Gasteiger partial charge in [0, 0.05) is 13.0 Å². The van der Waals surface area contributed by atoms with Crippen LogP contribution in [0.4, 0.5) is 0 Å². The number of aliphatic imine (C=N–C) groups is 1. The number of nitrogens with one attached hydrogen (secondary N) is 13. The summed E-state index contributed by atoms with van der Waals surface area (Å²) in [5.41, 5.74) is 21.5. The summed E-state index contributed by atoms with van der Waals surface area (Å²) in [4.78, 5) is 238. The molecule has 0 aliphatic heterocycles. The van der Waals surface area contributed by atoms with Crippen molar-refractivity contribution in [2.45, 2.75) is 213 Å². The minimum Gasteiger partial charge on any atom is -0.481 e. The smallest absolute Gasteiger partial charge is 0.326 e. The Balaban J connectivity index is 6.45. The second-order valence-corrected chi connectivity index (χ2v) is 25.6. The molecule has 25 N–H and O–H groups in total. The van der Waals surface area contributed by atoms with Crippen molar-refractivity contribution < 1.29 is 107 Å². The Kier molecular flexibility index (Phi) is 41.4. The molecule has 40 heteroatoms. The van der Waals surface area contributed by atoms with Crippen LogP contribution in [0.25, 0.3) is 0 Å². The van der Waals surface area contributed by atoms with Crippen molar-refractivity contribution >= 4 is 113 Å². The number of amides is 14. The maximum Gasteiger partial charge on any atom is 0.326 e. The molecule has 0 heterocycles. The van der Waals surface area contributed by atoms with E-state index < -0.39 is 237 Å². The molecule has 40 nitrogen and oxygen atoms in total. The Morgan fingerprint density at radius 3 is 1.19 bits per heavy atom. The van der Waals surface area contributed by atoms with Gasteiger partial charge in [-0.1, -0.05) is 75.7 Å². The molecule has 0 saturated heterocycles. The van der Waals surface area contributed by atoms with E-state index in [-0.39, 0.29) is 68.8 Å². The molecule has 0 bridgehead atoms. The normalized spacial score (nSPS) is 14.6. The number of carboxylic acids is 4. The van der Waals surface area contributed by atoms with Crippen LogP contribution in [0.3, 0.4) is 0 Å². The average molecular weight is 1440 g/mol. The van der Waals surface area contributed by atoms with Gasteiger partial charge < -0.3 is 112 Å². The quantitative estimate of drug-likeness (QED) is 0.0153. The molecule has 0 radical (unpaired) electrons. The maximum atomic E-state index is 14.0. The summed E-state index contributed by atoms with van der Waals surface area (Å²) >= 11 is 0. The zero-order valence-corrected chi connectivity index (χ0v) is 58.7. The van der Waals surface area contributed by atoms with Gasteiger partial charge in [0.15, 0.2) is 5.96 Å². The lowest BCUT2D eigenvalue weighted by atomic mass is 9.96. The molecule has 0 aliphatic carbocycles. The Bertz CT molecular complexity index is 2960. The van der Waals surface area contributed by atoms with Gasteiger partial charge in [-0.25, -0.2) is 4.79 Å². The standard InChI is InChI=1S/C61H104N18O22/c1-12-31(10)49(59(99)79-48(30(8)9)58(98)76-38(21-45(84)85)52(92)68-25-43(82)70-33(14-13-17-66-61(64)65)53(93)77-40(60(100)101)23-47(88)89)78-44(83)26-67-51(91)34(15-16-41(63)80)72-56(96)36(19-28(4)5)73-50(90)32(11)69-54(94)39(22-46(86)87)75-57(97)37(20-29(6)7)74-55(95)35(18-27(2)3)71-42(81)24-62/h27-40,48-49H,12-26,62H2,1-11H3,(H2,63,80)(H,67,91)(H,68,92)(H,69,94)(H,70,82)(H,71,81)(H,72,96)(H,73,90)(H,74,95)(H,75,97)(H,76,98)(H,77,93)(H,78,83)(H,79,99)(H,84,85)(H,86,87)(H,88,89)(H,100,101)(H4,64,65,66)/t31-,32-,33-,34-,35-,36-,37-,38-,39-,40-,48-,49-/m0/s1. The van der Waals surface area contributed by atoms with Gasteiger partial charge in [-0.15, -0.1) is 0 Å². The Morgan fingerprint density at radius 2 is 0.752 bits per heavy atom. The molecule has 0 unspecified atom stereocenters. The van der Waals surface area contributed by atoms with Crippen LogP contribution in [0.2, 0.25) is 0 Å². The molecule has 0 spiro atoms. The summed E-state index contributed by atoms with van der Waals surface area (Å²) in [6, 6.07) is -17.3. The highest BCUT2D eigenvalue weighted by Gasteiger charge is 2.38. The molecule has 570 valence electrons. The maximum absolute atomic E-state index is 14.0. The van der Waals surface area contributed by atoms with Crippen molar-refractivity contribution in [3.8, 4) is 0 Å². The number of nitrogens with zero attached hydrogens (tertiary/aromatic N) is 1. The van der Waals surface area contributed by atoms with Crippen LogP contribution in [-0.4, -0.2) is 226 Å². The fraction of sp³-hybridized carbons (Fsp3) is 0.689. The van der Waals surface area contributed by atoms with Gasteiger partial charge in [0.05, 0.1) is 38.9 Å². The van der Waals surface area contributed by atoms with Gasteiger partial charge in [0.1, 0.15) is 66.5 Å². The molecule has 0 aromatic carbocycles. The van der Waals surface area contributed by atoms with E-state index in [9.17, 15) is 102 Å². The number of aliphatic carboxylic acids is 4. The first kappa shape index (κ1) is 90.7. The fourth-order valence-corrected chi connectivity index (χ4v) is 9.39. The fourth-order valence-electron chi connectivity index (χ4n) is 9.39. The lowest BCUT2D eigenvalue weighted by Gasteiger charge is -2.29. The van der Waals surface area contributed by atoms with E-state index in [1.807, 2.05) is 5.32 Å². The first-order chi connectivity index (χ1) is 46.9. The molecule has 12 atom stereocenters. The van der Waals surface area contributed by atoms with Gasteiger partial charge in [0.25, 0.3) is 0 Å². The van der Waals surface area contributed by atoms with Crippen molar-refractivity contribution in [1.82, 2.24) is 69.1 Å². The molecule has 0 aliphatic rings. The number of guanidine groups is 1. The van der Waals surface area contributed by atoms with Gasteiger partial charge in [0.2, 0.25) is 82.7 Å². The molecule has 0 fully saturated rings. The van der Waals surface area contributed by atoms with E-state index in [2.05, 4.69) is 68.8 Å². The van der Waals surface area contributed by atoms with Gasteiger partial charge in [-0.05, 0) is 75.0 Å². The Morgan fingerprint density at radius 1 is 0.386 bits per heavy atom. The highest BCUT2D eigenvalue weighted by Crippen LogP contribution is 2.14. The third-order valence-electron chi connectivity index (χ3n) is 14.8. The van der Waals surface area contributed by atoms with Crippen LogP contribution in [-0.2, 0) is 86.3 Å². The molecule has 101 heavy (non-hydrogen) atoms. The summed E-state index contributed by atoms with van der Waals surface area (Å²) in [6.45, 7) is 15.3.